The molecule has 0 atom stereocenters. The monoisotopic (exact) mass is 210 g/mol. The van der Waals surface area contributed by atoms with E-state index in [0.717, 1.165) is 11.3 Å². The summed E-state index contributed by atoms with van der Waals surface area (Å²) in [6.45, 7) is 5.34. The van der Waals surface area contributed by atoms with E-state index in [0.29, 0.717) is 0 Å². The molecule has 0 N–H and O–H groups in total. The second-order valence-electron chi connectivity index (χ2n) is 3.65. The van der Waals surface area contributed by atoms with E-state index in [-0.39, 0.29) is 10.7 Å². The SMILES string of the molecule is CC(C)(C)OC(=O)c1csc(C#N)n1. The zero-order chi connectivity index (χ0) is 10.8. The summed E-state index contributed by atoms with van der Waals surface area (Å²) in [5, 5.41) is 10.3. The van der Waals surface area contributed by atoms with Crippen LogP contribution in [0.1, 0.15) is 36.3 Å². The first kappa shape index (κ1) is 10.7. The summed E-state index contributed by atoms with van der Waals surface area (Å²) in [6, 6.07) is 1.86. The Morgan fingerprint density at radius 3 is 2.71 bits per heavy atom. The van der Waals surface area contributed by atoms with E-state index in [2.05, 4.69) is 4.98 Å². The summed E-state index contributed by atoms with van der Waals surface area (Å²) in [6.07, 6.45) is 0. The Balaban J connectivity index is 2.76. The number of ether oxygens (including phenoxy) is 1. The molecule has 1 aromatic rings. The van der Waals surface area contributed by atoms with Gasteiger partial charge in [0, 0.05) is 5.38 Å². The van der Waals surface area contributed by atoms with Crippen LogP contribution in [0.25, 0.3) is 0 Å². The molecule has 0 aromatic carbocycles. The number of esters is 1. The molecule has 0 aliphatic rings. The third-order valence-corrected chi connectivity index (χ3v) is 1.95. The molecule has 0 amide bonds. The lowest BCUT2D eigenvalue weighted by molar-refractivity contribution is 0.00637. The third kappa shape index (κ3) is 2.82. The minimum absolute atomic E-state index is 0.196. The minimum Gasteiger partial charge on any atom is -0.455 e. The molecule has 0 aliphatic carbocycles. The number of hydrogen-bond acceptors (Lipinski definition) is 5. The van der Waals surface area contributed by atoms with E-state index in [4.69, 9.17) is 10.00 Å². The van der Waals surface area contributed by atoms with Gasteiger partial charge in [0.25, 0.3) is 0 Å². The van der Waals surface area contributed by atoms with Crippen molar-refractivity contribution in [3.63, 3.8) is 0 Å². The van der Waals surface area contributed by atoms with Crippen LogP contribution in [0.3, 0.4) is 0 Å². The zero-order valence-electron chi connectivity index (χ0n) is 8.20. The van der Waals surface area contributed by atoms with Gasteiger partial charge in [-0.2, -0.15) is 5.26 Å². The maximum absolute atomic E-state index is 11.4. The molecule has 4 nitrogen and oxygen atoms in total. The molecule has 0 saturated heterocycles. The van der Waals surface area contributed by atoms with Gasteiger partial charge in [-0.15, -0.1) is 11.3 Å². The molecule has 74 valence electrons. The first-order chi connectivity index (χ1) is 6.42. The molecule has 0 saturated carbocycles. The summed E-state index contributed by atoms with van der Waals surface area (Å²) < 4.78 is 5.08. The van der Waals surface area contributed by atoms with Crippen molar-refractivity contribution in [3.8, 4) is 6.07 Å². The molecule has 0 bridgehead atoms. The van der Waals surface area contributed by atoms with Crippen molar-refractivity contribution in [1.82, 2.24) is 4.98 Å². The van der Waals surface area contributed by atoms with Crippen molar-refractivity contribution in [1.29, 1.82) is 5.26 Å². The summed E-state index contributed by atoms with van der Waals surface area (Å²) in [7, 11) is 0. The number of aromatic nitrogens is 1. The number of nitriles is 1. The van der Waals surface area contributed by atoms with E-state index in [1.54, 1.807) is 20.8 Å². The summed E-state index contributed by atoms with van der Waals surface area (Å²) in [5.74, 6) is -0.491. The lowest BCUT2D eigenvalue weighted by atomic mass is 10.2. The van der Waals surface area contributed by atoms with Crippen LogP contribution >= 0.6 is 11.3 Å². The molecular weight excluding hydrogens is 200 g/mol. The maximum Gasteiger partial charge on any atom is 0.358 e. The van der Waals surface area contributed by atoms with Crippen molar-refractivity contribution in [3.05, 3.63) is 16.1 Å². The van der Waals surface area contributed by atoms with Crippen molar-refractivity contribution < 1.29 is 9.53 Å². The average molecular weight is 210 g/mol. The van der Waals surface area contributed by atoms with Gasteiger partial charge in [0.15, 0.2) is 10.7 Å². The molecule has 1 rings (SSSR count). The normalized spacial score (nSPS) is 10.7. The maximum atomic E-state index is 11.4. The van der Waals surface area contributed by atoms with Gasteiger partial charge in [0.2, 0.25) is 0 Å². The Kier molecular flexibility index (Phi) is 2.87. The molecule has 0 aliphatic heterocycles. The molecule has 5 heteroatoms. The second kappa shape index (κ2) is 3.76. The van der Waals surface area contributed by atoms with Crippen LogP contribution in [0.5, 0.6) is 0 Å². The van der Waals surface area contributed by atoms with E-state index in [9.17, 15) is 4.79 Å². The van der Waals surface area contributed by atoms with Crippen LogP contribution in [-0.2, 0) is 4.74 Å². The number of nitrogens with zero attached hydrogens (tertiary/aromatic N) is 2. The highest BCUT2D eigenvalue weighted by molar-refractivity contribution is 7.10. The lowest BCUT2D eigenvalue weighted by Crippen LogP contribution is -2.24. The Morgan fingerprint density at radius 1 is 1.64 bits per heavy atom. The van der Waals surface area contributed by atoms with Gasteiger partial charge in [0.05, 0.1) is 0 Å². The number of carbonyl (C=O) groups is 1. The minimum atomic E-state index is -0.534. The van der Waals surface area contributed by atoms with Gasteiger partial charge in [-0.1, -0.05) is 0 Å². The fourth-order valence-electron chi connectivity index (χ4n) is 0.749. The van der Waals surface area contributed by atoms with E-state index >= 15 is 0 Å². The Morgan fingerprint density at radius 2 is 2.29 bits per heavy atom. The van der Waals surface area contributed by atoms with Gasteiger partial charge >= 0.3 is 5.97 Å². The number of hydrogen-bond donors (Lipinski definition) is 0. The van der Waals surface area contributed by atoms with Crippen molar-refractivity contribution >= 4 is 17.3 Å². The Labute approximate surface area is 86.1 Å². The standard InChI is InChI=1S/C9H10N2O2S/c1-9(2,3)13-8(12)6-5-14-7(4-10)11-6/h5H,1-3H3. The first-order valence-corrected chi connectivity index (χ1v) is 4.89. The van der Waals surface area contributed by atoms with Crippen LogP contribution in [0.2, 0.25) is 0 Å². The van der Waals surface area contributed by atoms with Crippen molar-refractivity contribution in [2.24, 2.45) is 0 Å². The summed E-state index contributed by atoms with van der Waals surface area (Å²) in [4.78, 5) is 15.2. The van der Waals surface area contributed by atoms with Gasteiger partial charge < -0.3 is 4.74 Å². The van der Waals surface area contributed by atoms with Gasteiger partial charge in [0.1, 0.15) is 11.7 Å². The number of thiazole rings is 1. The molecule has 1 heterocycles. The highest BCUT2D eigenvalue weighted by atomic mass is 32.1. The summed E-state index contributed by atoms with van der Waals surface area (Å²) in [5.41, 5.74) is -0.338. The van der Waals surface area contributed by atoms with Gasteiger partial charge in [-0.05, 0) is 20.8 Å². The third-order valence-electron chi connectivity index (χ3n) is 1.21. The lowest BCUT2D eigenvalue weighted by Gasteiger charge is -2.18. The van der Waals surface area contributed by atoms with E-state index in [1.807, 2.05) is 6.07 Å². The Hall–Kier alpha value is -1.41. The highest BCUT2D eigenvalue weighted by Crippen LogP contribution is 2.14. The fourth-order valence-corrected chi connectivity index (χ4v) is 1.33. The molecule has 0 spiro atoms. The van der Waals surface area contributed by atoms with Crippen molar-refractivity contribution in [2.45, 2.75) is 26.4 Å². The topological polar surface area (TPSA) is 63.0 Å². The van der Waals surface area contributed by atoms with Gasteiger partial charge in [-0.3, -0.25) is 0 Å². The fraction of sp³-hybridized carbons (Fsp3) is 0.444. The van der Waals surface area contributed by atoms with E-state index in [1.165, 1.54) is 5.38 Å². The smallest absolute Gasteiger partial charge is 0.358 e. The number of carbonyl (C=O) groups excluding carboxylic acids is 1. The van der Waals surface area contributed by atoms with Crippen LogP contribution < -0.4 is 0 Å². The van der Waals surface area contributed by atoms with Crippen LogP contribution in [0.15, 0.2) is 5.38 Å². The zero-order valence-corrected chi connectivity index (χ0v) is 9.01. The van der Waals surface area contributed by atoms with E-state index < -0.39 is 11.6 Å². The quantitative estimate of drug-likeness (QED) is 0.665. The molecule has 0 fully saturated rings. The van der Waals surface area contributed by atoms with Crippen LogP contribution in [0.4, 0.5) is 0 Å². The van der Waals surface area contributed by atoms with Crippen molar-refractivity contribution in [2.75, 3.05) is 0 Å². The van der Waals surface area contributed by atoms with Gasteiger partial charge in [-0.25, -0.2) is 9.78 Å². The second-order valence-corrected chi connectivity index (χ2v) is 4.51. The first-order valence-electron chi connectivity index (χ1n) is 4.01. The highest BCUT2D eigenvalue weighted by Gasteiger charge is 2.19. The average Bonchev–Trinajstić information content (AvgIpc) is 2.48. The molecule has 14 heavy (non-hydrogen) atoms. The number of rotatable bonds is 1. The molecule has 0 unspecified atom stereocenters. The molecule has 1 aromatic heterocycles. The van der Waals surface area contributed by atoms with Crippen LogP contribution in [0, 0.1) is 11.3 Å². The molecule has 0 radical (unpaired) electrons. The largest absolute Gasteiger partial charge is 0.455 e. The predicted molar refractivity (Wildman–Crippen MR) is 52.0 cm³/mol. The molecular formula is C9H10N2O2S. The Bertz CT molecular complexity index is 384. The predicted octanol–water partition coefficient (Wildman–Crippen LogP) is 1.97. The van der Waals surface area contributed by atoms with Crippen LogP contribution in [-0.4, -0.2) is 16.6 Å². The summed E-state index contributed by atoms with van der Waals surface area (Å²) >= 11 is 1.13.